The number of amides is 1. The van der Waals surface area contributed by atoms with Crippen molar-refractivity contribution in [3.63, 3.8) is 0 Å². The SMILES string of the molecule is NCc1ccc(S(=O)(=O)N2CCNC(=O)C2)cc1. The van der Waals surface area contributed by atoms with Crippen LogP contribution in [0, 0.1) is 0 Å². The van der Waals surface area contributed by atoms with Crippen LogP contribution in [0.25, 0.3) is 0 Å². The minimum atomic E-state index is -3.59. The van der Waals surface area contributed by atoms with Crippen LogP contribution in [0.4, 0.5) is 0 Å². The van der Waals surface area contributed by atoms with Crippen LogP contribution in [0.2, 0.25) is 0 Å². The van der Waals surface area contributed by atoms with Crippen LogP contribution in [0.1, 0.15) is 5.56 Å². The summed E-state index contributed by atoms with van der Waals surface area (Å²) in [6.07, 6.45) is 0. The Kier molecular flexibility index (Phi) is 3.65. The van der Waals surface area contributed by atoms with Crippen molar-refractivity contribution in [3.8, 4) is 0 Å². The number of nitrogens with two attached hydrogens (primary N) is 1. The summed E-state index contributed by atoms with van der Waals surface area (Å²) < 4.78 is 25.7. The van der Waals surface area contributed by atoms with Gasteiger partial charge >= 0.3 is 0 Å². The van der Waals surface area contributed by atoms with E-state index < -0.39 is 10.0 Å². The maximum Gasteiger partial charge on any atom is 0.243 e. The third-order valence-electron chi connectivity index (χ3n) is 2.80. The molecule has 1 aromatic carbocycles. The van der Waals surface area contributed by atoms with Crippen molar-refractivity contribution in [2.45, 2.75) is 11.4 Å². The number of carbonyl (C=O) groups excluding carboxylic acids is 1. The van der Waals surface area contributed by atoms with E-state index in [0.717, 1.165) is 5.56 Å². The molecular formula is C11H15N3O3S. The Labute approximate surface area is 106 Å². The van der Waals surface area contributed by atoms with E-state index in [1.54, 1.807) is 12.1 Å². The van der Waals surface area contributed by atoms with Gasteiger partial charge in [0.25, 0.3) is 0 Å². The lowest BCUT2D eigenvalue weighted by Gasteiger charge is -2.25. The zero-order chi connectivity index (χ0) is 13.2. The van der Waals surface area contributed by atoms with Gasteiger partial charge < -0.3 is 11.1 Å². The smallest absolute Gasteiger partial charge is 0.243 e. The van der Waals surface area contributed by atoms with Crippen LogP contribution in [0.5, 0.6) is 0 Å². The first-order valence-corrected chi connectivity index (χ1v) is 7.04. The lowest BCUT2D eigenvalue weighted by Crippen LogP contribution is -2.49. The van der Waals surface area contributed by atoms with Crippen LogP contribution in [-0.4, -0.2) is 38.3 Å². The molecule has 6 nitrogen and oxygen atoms in total. The maximum atomic E-state index is 12.2. The minimum absolute atomic E-state index is 0.124. The van der Waals surface area contributed by atoms with E-state index in [2.05, 4.69) is 5.32 Å². The van der Waals surface area contributed by atoms with Gasteiger partial charge in [-0.3, -0.25) is 4.79 Å². The fourth-order valence-corrected chi connectivity index (χ4v) is 3.16. The lowest BCUT2D eigenvalue weighted by molar-refractivity contribution is -0.122. The van der Waals surface area contributed by atoms with Gasteiger partial charge in [-0.05, 0) is 17.7 Å². The van der Waals surface area contributed by atoms with Crippen LogP contribution in [0.3, 0.4) is 0 Å². The first kappa shape index (κ1) is 13.0. The van der Waals surface area contributed by atoms with E-state index in [-0.39, 0.29) is 17.3 Å². The third kappa shape index (κ3) is 2.53. The molecule has 3 N–H and O–H groups in total. The van der Waals surface area contributed by atoms with Crippen molar-refractivity contribution in [2.24, 2.45) is 5.73 Å². The van der Waals surface area contributed by atoms with Crippen molar-refractivity contribution < 1.29 is 13.2 Å². The zero-order valence-electron chi connectivity index (χ0n) is 9.80. The summed E-state index contributed by atoms with van der Waals surface area (Å²) in [5.74, 6) is -0.275. The molecular weight excluding hydrogens is 254 g/mol. The summed E-state index contributed by atoms with van der Waals surface area (Å²) in [7, 11) is -3.59. The lowest BCUT2D eigenvalue weighted by atomic mass is 10.2. The Morgan fingerprint density at radius 1 is 1.28 bits per heavy atom. The number of benzene rings is 1. The van der Waals surface area contributed by atoms with E-state index in [1.165, 1.54) is 16.4 Å². The van der Waals surface area contributed by atoms with Crippen molar-refractivity contribution in [1.29, 1.82) is 0 Å². The summed E-state index contributed by atoms with van der Waals surface area (Å²) in [6, 6.07) is 6.39. The van der Waals surface area contributed by atoms with Crippen LogP contribution in [0.15, 0.2) is 29.2 Å². The number of piperazine rings is 1. The van der Waals surface area contributed by atoms with E-state index >= 15 is 0 Å². The normalized spacial score (nSPS) is 17.5. The Morgan fingerprint density at radius 3 is 2.50 bits per heavy atom. The van der Waals surface area contributed by atoms with Gasteiger partial charge in [-0.2, -0.15) is 4.31 Å². The van der Waals surface area contributed by atoms with Crippen LogP contribution < -0.4 is 11.1 Å². The highest BCUT2D eigenvalue weighted by molar-refractivity contribution is 7.89. The Morgan fingerprint density at radius 2 is 1.94 bits per heavy atom. The minimum Gasteiger partial charge on any atom is -0.354 e. The molecule has 1 heterocycles. The Bertz CT molecular complexity index is 539. The van der Waals surface area contributed by atoms with Gasteiger partial charge in [0.05, 0.1) is 11.4 Å². The molecule has 0 aliphatic carbocycles. The van der Waals surface area contributed by atoms with E-state index in [4.69, 9.17) is 5.73 Å². The fourth-order valence-electron chi connectivity index (χ4n) is 1.77. The van der Waals surface area contributed by atoms with Gasteiger partial charge in [0.15, 0.2) is 0 Å². The van der Waals surface area contributed by atoms with Crippen LogP contribution in [-0.2, 0) is 21.4 Å². The molecule has 0 bridgehead atoms. The number of hydrogen-bond donors (Lipinski definition) is 2. The number of hydrogen-bond acceptors (Lipinski definition) is 4. The van der Waals surface area contributed by atoms with E-state index in [0.29, 0.717) is 19.6 Å². The molecule has 18 heavy (non-hydrogen) atoms. The second-order valence-electron chi connectivity index (χ2n) is 4.04. The maximum absolute atomic E-state index is 12.2. The second kappa shape index (κ2) is 5.05. The predicted molar refractivity (Wildman–Crippen MR) is 66.1 cm³/mol. The molecule has 0 radical (unpaired) electrons. The zero-order valence-corrected chi connectivity index (χ0v) is 10.6. The number of nitrogens with one attached hydrogen (secondary N) is 1. The highest BCUT2D eigenvalue weighted by Gasteiger charge is 2.28. The molecule has 0 aromatic heterocycles. The summed E-state index contributed by atoms with van der Waals surface area (Å²) >= 11 is 0. The van der Waals surface area contributed by atoms with Crippen molar-refractivity contribution in [2.75, 3.05) is 19.6 Å². The largest absolute Gasteiger partial charge is 0.354 e. The quantitative estimate of drug-likeness (QED) is 0.756. The second-order valence-corrected chi connectivity index (χ2v) is 5.97. The first-order chi connectivity index (χ1) is 8.54. The molecule has 1 aliphatic heterocycles. The van der Waals surface area contributed by atoms with Crippen molar-refractivity contribution in [1.82, 2.24) is 9.62 Å². The van der Waals surface area contributed by atoms with Gasteiger partial charge in [-0.25, -0.2) is 8.42 Å². The van der Waals surface area contributed by atoms with Gasteiger partial charge in [-0.15, -0.1) is 0 Å². The molecule has 0 saturated carbocycles. The molecule has 1 fully saturated rings. The molecule has 98 valence electrons. The van der Waals surface area contributed by atoms with Gasteiger partial charge in [0.1, 0.15) is 0 Å². The molecule has 0 atom stereocenters. The summed E-state index contributed by atoms with van der Waals surface area (Å²) in [4.78, 5) is 11.4. The molecule has 1 aliphatic rings. The molecule has 2 rings (SSSR count). The van der Waals surface area contributed by atoms with Crippen molar-refractivity contribution >= 4 is 15.9 Å². The van der Waals surface area contributed by atoms with Crippen LogP contribution >= 0.6 is 0 Å². The van der Waals surface area contributed by atoms with E-state index in [1.807, 2.05) is 0 Å². The highest BCUT2D eigenvalue weighted by atomic mass is 32.2. The standard InChI is InChI=1S/C11H15N3O3S/c12-7-9-1-3-10(4-2-9)18(16,17)14-6-5-13-11(15)8-14/h1-4H,5-8,12H2,(H,13,15). The highest BCUT2D eigenvalue weighted by Crippen LogP contribution is 2.16. The summed E-state index contributed by atoms with van der Waals surface area (Å²) in [5, 5.41) is 2.59. The topological polar surface area (TPSA) is 92.5 Å². The average molecular weight is 269 g/mol. The number of rotatable bonds is 3. The Balaban J connectivity index is 2.26. The molecule has 1 saturated heterocycles. The number of sulfonamides is 1. The number of carbonyl (C=O) groups is 1. The third-order valence-corrected chi connectivity index (χ3v) is 4.66. The van der Waals surface area contributed by atoms with Gasteiger partial charge in [-0.1, -0.05) is 12.1 Å². The molecule has 7 heteroatoms. The van der Waals surface area contributed by atoms with Gasteiger partial charge in [0.2, 0.25) is 15.9 Å². The average Bonchev–Trinajstić information content (AvgIpc) is 2.39. The van der Waals surface area contributed by atoms with Gasteiger partial charge in [0, 0.05) is 19.6 Å². The van der Waals surface area contributed by atoms with E-state index in [9.17, 15) is 13.2 Å². The molecule has 1 amide bonds. The van der Waals surface area contributed by atoms with Crippen molar-refractivity contribution in [3.05, 3.63) is 29.8 Å². The molecule has 0 unspecified atom stereocenters. The summed E-state index contributed by atoms with van der Waals surface area (Å²) in [5.41, 5.74) is 6.32. The molecule has 1 aromatic rings. The molecule has 0 spiro atoms. The fraction of sp³-hybridized carbons (Fsp3) is 0.364. The monoisotopic (exact) mass is 269 g/mol. The first-order valence-electron chi connectivity index (χ1n) is 5.60. The number of nitrogens with zero attached hydrogens (tertiary/aromatic N) is 1. The summed E-state index contributed by atoms with van der Waals surface area (Å²) in [6.45, 7) is 0.888. The predicted octanol–water partition coefficient (Wildman–Crippen LogP) is -0.734. The Hall–Kier alpha value is -1.44.